The fourth-order valence-electron chi connectivity index (χ4n) is 2.69. The first-order valence-electron chi connectivity index (χ1n) is 8.88. The van der Waals surface area contributed by atoms with Crippen LogP contribution in [0.15, 0.2) is 47.2 Å². The van der Waals surface area contributed by atoms with E-state index in [0.717, 1.165) is 11.4 Å². The molecule has 0 aliphatic heterocycles. The van der Waals surface area contributed by atoms with Crippen molar-refractivity contribution in [2.45, 2.75) is 33.2 Å². The van der Waals surface area contributed by atoms with E-state index in [0.29, 0.717) is 30.4 Å². The van der Waals surface area contributed by atoms with Crippen LogP contribution in [0.1, 0.15) is 38.0 Å². The zero-order valence-corrected chi connectivity index (χ0v) is 15.6. The van der Waals surface area contributed by atoms with Crippen LogP contribution >= 0.6 is 0 Å². The van der Waals surface area contributed by atoms with Crippen molar-refractivity contribution in [2.24, 2.45) is 0 Å². The summed E-state index contributed by atoms with van der Waals surface area (Å²) in [6, 6.07) is 8.67. The number of benzene rings is 1. The van der Waals surface area contributed by atoms with E-state index in [2.05, 4.69) is 20.8 Å². The lowest BCUT2D eigenvalue weighted by molar-refractivity contribution is 0.243. The molecule has 0 fully saturated rings. The van der Waals surface area contributed by atoms with E-state index >= 15 is 0 Å². The van der Waals surface area contributed by atoms with Gasteiger partial charge in [-0.15, -0.1) is 0 Å². The molecule has 3 aromatic rings. The molecule has 0 spiro atoms. The predicted octanol–water partition coefficient (Wildman–Crippen LogP) is 3.84. The Kier molecular flexibility index (Phi) is 5.75. The molecule has 0 aliphatic carbocycles. The largest absolute Gasteiger partial charge is 0.492 e. The second-order valence-corrected chi connectivity index (χ2v) is 5.94. The maximum Gasteiger partial charge on any atom is 0.319 e. The van der Waals surface area contributed by atoms with Crippen LogP contribution in [0.25, 0.3) is 5.69 Å². The molecule has 8 heteroatoms. The highest BCUT2D eigenvalue weighted by atomic mass is 16.5. The van der Waals surface area contributed by atoms with Crippen LogP contribution in [0.2, 0.25) is 0 Å². The topological polar surface area (TPSA) is 94.2 Å². The second-order valence-electron chi connectivity index (χ2n) is 5.94. The van der Waals surface area contributed by atoms with E-state index in [9.17, 15) is 4.79 Å². The van der Waals surface area contributed by atoms with Crippen LogP contribution in [-0.4, -0.2) is 27.3 Å². The Bertz CT molecular complexity index is 889. The summed E-state index contributed by atoms with van der Waals surface area (Å²) >= 11 is 0. The number of amides is 2. The van der Waals surface area contributed by atoms with E-state index < -0.39 is 0 Å². The molecule has 0 radical (unpaired) electrons. The third-order valence-corrected chi connectivity index (χ3v) is 3.95. The summed E-state index contributed by atoms with van der Waals surface area (Å²) in [4.78, 5) is 16.6. The van der Waals surface area contributed by atoms with Gasteiger partial charge in [-0.2, -0.15) is 4.98 Å². The lowest BCUT2D eigenvalue weighted by Crippen LogP contribution is -2.32. The zero-order chi connectivity index (χ0) is 19.2. The number of urea groups is 1. The smallest absolute Gasteiger partial charge is 0.319 e. The minimum absolute atomic E-state index is 0.347. The third-order valence-electron chi connectivity index (χ3n) is 3.95. The quantitative estimate of drug-likeness (QED) is 0.660. The number of nitrogens with one attached hydrogen (secondary N) is 2. The van der Waals surface area contributed by atoms with Crippen LogP contribution in [-0.2, 0) is 0 Å². The van der Waals surface area contributed by atoms with E-state index in [-0.39, 0.29) is 12.1 Å². The molecule has 1 aromatic carbocycles. The fraction of sp³-hybridized carbons (Fsp3) is 0.316. The van der Waals surface area contributed by atoms with Crippen molar-refractivity contribution >= 4 is 11.7 Å². The number of hydrogen-bond acceptors (Lipinski definition) is 5. The number of carbonyl (C=O) groups is 1. The summed E-state index contributed by atoms with van der Waals surface area (Å²) in [6.45, 7) is 6.17. The second kappa shape index (κ2) is 8.39. The Balaban J connectivity index is 1.74. The summed E-state index contributed by atoms with van der Waals surface area (Å²) < 4.78 is 12.8. The summed E-state index contributed by atoms with van der Waals surface area (Å²) in [5.74, 6) is 1.67. The van der Waals surface area contributed by atoms with Crippen LogP contribution in [0.3, 0.4) is 0 Å². The van der Waals surface area contributed by atoms with Gasteiger partial charge in [-0.1, -0.05) is 12.1 Å². The normalized spacial score (nSPS) is 11.8. The van der Waals surface area contributed by atoms with E-state index in [1.54, 1.807) is 13.0 Å². The summed E-state index contributed by atoms with van der Waals surface area (Å²) in [5.41, 5.74) is 1.50. The SMILES string of the molecule is CCOc1ccc(NC(=O)N[C@H](CC)c2nc(C)no2)cc1-n1cccc1. The fourth-order valence-corrected chi connectivity index (χ4v) is 2.69. The van der Waals surface area contributed by atoms with Crippen LogP contribution < -0.4 is 15.4 Å². The molecule has 0 saturated heterocycles. The van der Waals surface area contributed by atoms with Gasteiger partial charge in [0.1, 0.15) is 11.8 Å². The Morgan fingerprint density at radius 2 is 2.07 bits per heavy atom. The number of ether oxygens (including phenoxy) is 1. The minimum atomic E-state index is -0.349. The Morgan fingerprint density at radius 3 is 2.70 bits per heavy atom. The van der Waals surface area contributed by atoms with Gasteiger partial charge in [0.25, 0.3) is 0 Å². The van der Waals surface area contributed by atoms with Gasteiger partial charge in [0, 0.05) is 18.1 Å². The van der Waals surface area contributed by atoms with Gasteiger partial charge in [0.2, 0.25) is 5.89 Å². The Labute approximate surface area is 157 Å². The molecule has 0 bridgehead atoms. The lowest BCUT2D eigenvalue weighted by atomic mass is 10.2. The zero-order valence-electron chi connectivity index (χ0n) is 15.6. The van der Waals surface area contributed by atoms with Gasteiger partial charge in [0.15, 0.2) is 5.82 Å². The number of hydrogen-bond donors (Lipinski definition) is 2. The Morgan fingerprint density at radius 1 is 1.30 bits per heavy atom. The van der Waals surface area contributed by atoms with Crippen molar-refractivity contribution in [3.8, 4) is 11.4 Å². The molecular formula is C19H23N5O3. The minimum Gasteiger partial charge on any atom is -0.492 e. The molecule has 142 valence electrons. The molecule has 0 aliphatic rings. The maximum absolute atomic E-state index is 12.4. The first kappa shape index (κ1) is 18.5. The van der Waals surface area contributed by atoms with Crippen molar-refractivity contribution in [2.75, 3.05) is 11.9 Å². The van der Waals surface area contributed by atoms with Gasteiger partial charge in [0.05, 0.1) is 12.3 Å². The number of aryl methyl sites for hydroxylation is 1. The maximum atomic E-state index is 12.4. The molecular weight excluding hydrogens is 346 g/mol. The highest BCUT2D eigenvalue weighted by Gasteiger charge is 2.19. The standard InChI is InChI=1S/C19H23N5O3/c1-4-15(18-20-13(3)23-27-18)22-19(25)21-14-8-9-17(26-5-2)16(12-14)24-10-6-7-11-24/h6-12,15H,4-5H2,1-3H3,(H2,21,22,25)/t15-/m1/s1. The van der Waals surface area contributed by atoms with Gasteiger partial charge in [-0.25, -0.2) is 4.79 Å². The van der Waals surface area contributed by atoms with Gasteiger partial charge in [-0.3, -0.25) is 0 Å². The van der Waals surface area contributed by atoms with Crippen molar-refractivity contribution in [3.05, 3.63) is 54.4 Å². The molecule has 27 heavy (non-hydrogen) atoms. The highest BCUT2D eigenvalue weighted by Crippen LogP contribution is 2.27. The van der Waals surface area contributed by atoms with Gasteiger partial charge < -0.3 is 24.5 Å². The predicted molar refractivity (Wildman–Crippen MR) is 101 cm³/mol. The van der Waals surface area contributed by atoms with Crippen molar-refractivity contribution in [1.29, 1.82) is 0 Å². The Hall–Kier alpha value is -3.29. The number of anilines is 1. The summed E-state index contributed by atoms with van der Waals surface area (Å²) in [5, 5.41) is 9.47. The van der Waals surface area contributed by atoms with Crippen LogP contribution in [0.5, 0.6) is 5.75 Å². The molecule has 8 nitrogen and oxygen atoms in total. The molecule has 0 saturated carbocycles. The molecule has 2 aromatic heterocycles. The highest BCUT2D eigenvalue weighted by molar-refractivity contribution is 5.90. The van der Waals surface area contributed by atoms with Crippen LogP contribution in [0.4, 0.5) is 10.5 Å². The van der Waals surface area contributed by atoms with Crippen molar-refractivity contribution in [3.63, 3.8) is 0 Å². The monoisotopic (exact) mass is 369 g/mol. The van der Waals surface area contributed by atoms with Gasteiger partial charge >= 0.3 is 6.03 Å². The van der Waals surface area contributed by atoms with E-state index in [1.165, 1.54) is 0 Å². The summed E-state index contributed by atoms with van der Waals surface area (Å²) in [6.07, 6.45) is 4.48. The van der Waals surface area contributed by atoms with E-state index in [4.69, 9.17) is 9.26 Å². The average molecular weight is 369 g/mol. The first-order chi connectivity index (χ1) is 13.1. The molecule has 0 unspecified atom stereocenters. The molecule has 1 atom stereocenters. The number of nitrogens with zero attached hydrogens (tertiary/aromatic N) is 3. The molecule has 2 N–H and O–H groups in total. The summed E-state index contributed by atoms with van der Waals surface area (Å²) in [7, 11) is 0. The lowest BCUT2D eigenvalue weighted by Gasteiger charge is -2.16. The van der Waals surface area contributed by atoms with Crippen LogP contribution in [0, 0.1) is 6.92 Å². The van der Waals surface area contributed by atoms with E-state index in [1.807, 2.05) is 55.1 Å². The number of carbonyl (C=O) groups excluding carboxylic acids is 1. The number of aromatic nitrogens is 3. The number of rotatable bonds is 7. The average Bonchev–Trinajstić information content (AvgIpc) is 3.33. The van der Waals surface area contributed by atoms with Gasteiger partial charge in [-0.05, 0) is 50.6 Å². The molecule has 2 heterocycles. The first-order valence-corrected chi connectivity index (χ1v) is 8.88. The molecule has 2 amide bonds. The molecule has 3 rings (SSSR count). The third kappa shape index (κ3) is 4.46. The van der Waals surface area contributed by atoms with Crippen molar-refractivity contribution < 1.29 is 14.1 Å². The van der Waals surface area contributed by atoms with Crippen molar-refractivity contribution in [1.82, 2.24) is 20.0 Å².